The number of allylic oxidation sites excluding steroid dienone is 1. The number of rotatable bonds is 11. The molecule has 0 unspecified atom stereocenters. The van der Waals surface area contributed by atoms with Crippen molar-refractivity contribution in [3.05, 3.63) is 107 Å². The maximum absolute atomic E-state index is 11.8. The summed E-state index contributed by atoms with van der Waals surface area (Å²) in [6.45, 7) is 2.72. The minimum Gasteiger partial charge on any atom is -0.492 e. The summed E-state index contributed by atoms with van der Waals surface area (Å²) in [7, 11) is 0. The van der Waals surface area contributed by atoms with E-state index in [4.69, 9.17) is 16.3 Å². The zero-order chi connectivity index (χ0) is 24.2. The number of hydrogen-bond donors (Lipinski definition) is 1. The number of carbonyl (C=O) groups excluding carboxylic acids is 1. The summed E-state index contributed by atoms with van der Waals surface area (Å²) >= 11 is 5.55. The predicted molar refractivity (Wildman–Crippen MR) is 138 cm³/mol. The Labute approximate surface area is 205 Å². The SMILES string of the molecule is CC/C(=C(\c1ccccc1)c1ccc(OCCNC(=O)N(CCCl)N=O)cc1)c1ccccc1. The first-order valence-electron chi connectivity index (χ1n) is 11.2. The third-order valence-electron chi connectivity index (χ3n) is 5.26. The third kappa shape index (κ3) is 6.68. The number of halogens is 1. The van der Waals surface area contributed by atoms with E-state index in [0.29, 0.717) is 5.75 Å². The number of amides is 2. The molecular formula is C27H28ClN3O3. The number of alkyl halides is 1. The minimum absolute atomic E-state index is 0.0548. The number of urea groups is 1. The Morgan fingerprint density at radius 3 is 2.06 bits per heavy atom. The van der Waals surface area contributed by atoms with Gasteiger partial charge in [0.05, 0.1) is 18.4 Å². The smallest absolute Gasteiger partial charge is 0.340 e. The molecule has 0 atom stereocenters. The Balaban J connectivity index is 1.74. The van der Waals surface area contributed by atoms with Crippen molar-refractivity contribution in [1.29, 1.82) is 0 Å². The average molecular weight is 478 g/mol. The van der Waals surface area contributed by atoms with Crippen LogP contribution in [0.1, 0.15) is 30.0 Å². The molecule has 3 aromatic rings. The zero-order valence-corrected chi connectivity index (χ0v) is 19.9. The number of benzene rings is 3. The van der Waals surface area contributed by atoms with Gasteiger partial charge in [-0.15, -0.1) is 16.5 Å². The molecule has 0 bridgehead atoms. The highest BCUT2D eigenvalue weighted by Crippen LogP contribution is 2.34. The van der Waals surface area contributed by atoms with Crippen LogP contribution >= 0.6 is 11.6 Å². The fourth-order valence-electron chi connectivity index (χ4n) is 3.68. The summed E-state index contributed by atoms with van der Waals surface area (Å²) in [6, 6.07) is 28.1. The third-order valence-corrected chi connectivity index (χ3v) is 5.43. The van der Waals surface area contributed by atoms with Gasteiger partial charge in [-0.1, -0.05) is 79.7 Å². The monoisotopic (exact) mass is 477 g/mol. The van der Waals surface area contributed by atoms with E-state index in [2.05, 4.69) is 53.9 Å². The van der Waals surface area contributed by atoms with Gasteiger partial charge in [0.15, 0.2) is 0 Å². The van der Waals surface area contributed by atoms with Crippen LogP contribution in [0.25, 0.3) is 11.1 Å². The molecule has 0 aromatic heterocycles. The van der Waals surface area contributed by atoms with Crippen LogP contribution in [0, 0.1) is 4.91 Å². The lowest BCUT2D eigenvalue weighted by atomic mass is 9.88. The fraction of sp³-hybridized carbons (Fsp3) is 0.222. The highest BCUT2D eigenvalue weighted by molar-refractivity contribution is 6.18. The van der Waals surface area contributed by atoms with E-state index in [1.807, 2.05) is 48.5 Å². The lowest BCUT2D eigenvalue weighted by Gasteiger charge is -2.17. The Kier molecular flexibility index (Phi) is 9.67. The van der Waals surface area contributed by atoms with Gasteiger partial charge < -0.3 is 10.1 Å². The van der Waals surface area contributed by atoms with Crippen molar-refractivity contribution in [2.24, 2.45) is 5.29 Å². The number of nitroso groups, excluding NO2 is 1. The van der Waals surface area contributed by atoms with Crippen LogP contribution in [0.3, 0.4) is 0 Å². The average Bonchev–Trinajstić information content (AvgIpc) is 2.89. The summed E-state index contributed by atoms with van der Waals surface area (Å²) in [5.41, 5.74) is 5.92. The predicted octanol–water partition coefficient (Wildman–Crippen LogP) is 6.37. The Morgan fingerprint density at radius 1 is 0.912 bits per heavy atom. The largest absolute Gasteiger partial charge is 0.492 e. The van der Waals surface area contributed by atoms with Crippen LogP contribution in [-0.2, 0) is 0 Å². The summed E-state index contributed by atoms with van der Waals surface area (Å²) < 4.78 is 5.76. The molecule has 0 aliphatic rings. The highest BCUT2D eigenvalue weighted by Gasteiger charge is 2.14. The second kappa shape index (κ2) is 13.2. The molecule has 0 saturated heterocycles. The van der Waals surface area contributed by atoms with E-state index in [-0.39, 0.29) is 25.6 Å². The van der Waals surface area contributed by atoms with E-state index in [0.717, 1.165) is 22.6 Å². The molecule has 3 rings (SSSR count). The van der Waals surface area contributed by atoms with Crippen LogP contribution in [-0.4, -0.2) is 36.6 Å². The van der Waals surface area contributed by atoms with Crippen molar-refractivity contribution in [3.8, 4) is 5.75 Å². The molecular weight excluding hydrogens is 450 g/mol. The van der Waals surface area contributed by atoms with Crippen LogP contribution in [0.4, 0.5) is 4.79 Å². The van der Waals surface area contributed by atoms with Gasteiger partial charge in [-0.3, -0.25) is 0 Å². The number of hydrogen-bond acceptors (Lipinski definition) is 4. The zero-order valence-electron chi connectivity index (χ0n) is 19.1. The fourth-order valence-corrected chi connectivity index (χ4v) is 3.84. The molecule has 176 valence electrons. The minimum atomic E-state index is -0.597. The first kappa shape index (κ1) is 25.0. The molecule has 3 aromatic carbocycles. The first-order chi connectivity index (χ1) is 16.7. The van der Waals surface area contributed by atoms with Gasteiger partial charge in [0.2, 0.25) is 0 Å². The Hall–Kier alpha value is -3.64. The molecule has 7 heteroatoms. The Morgan fingerprint density at radius 2 is 1.50 bits per heavy atom. The van der Waals surface area contributed by atoms with Crippen LogP contribution in [0.15, 0.2) is 90.2 Å². The molecule has 0 fully saturated rings. The van der Waals surface area contributed by atoms with Crippen molar-refractivity contribution < 1.29 is 9.53 Å². The Bertz CT molecular complexity index is 1090. The molecule has 0 saturated carbocycles. The van der Waals surface area contributed by atoms with Gasteiger partial charge in [0.1, 0.15) is 12.4 Å². The molecule has 2 amide bonds. The first-order valence-corrected chi connectivity index (χ1v) is 11.7. The lowest BCUT2D eigenvalue weighted by Crippen LogP contribution is -2.39. The second-order valence-corrected chi connectivity index (χ2v) is 7.82. The van der Waals surface area contributed by atoms with Crippen LogP contribution in [0.5, 0.6) is 5.75 Å². The van der Waals surface area contributed by atoms with Crippen molar-refractivity contribution in [1.82, 2.24) is 10.3 Å². The number of nitrogens with zero attached hydrogens (tertiary/aromatic N) is 2. The van der Waals surface area contributed by atoms with Gasteiger partial charge in [-0.25, -0.2) is 4.79 Å². The molecule has 1 N–H and O–H groups in total. The van der Waals surface area contributed by atoms with Gasteiger partial charge in [0, 0.05) is 5.88 Å². The molecule has 0 aliphatic heterocycles. The van der Waals surface area contributed by atoms with Gasteiger partial charge in [-0.05, 0) is 46.4 Å². The normalized spacial score (nSPS) is 11.4. The molecule has 6 nitrogen and oxygen atoms in total. The van der Waals surface area contributed by atoms with Gasteiger partial charge in [-0.2, -0.15) is 5.01 Å². The molecule has 0 radical (unpaired) electrons. The van der Waals surface area contributed by atoms with Crippen LogP contribution in [0.2, 0.25) is 0 Å². The summed E-state index contributed by atoms with van der Waals surface area (Å²) in [5.74, 6) is 0.820. The molecule has 0 spiro atoms. The molecule has 34 heavy (non-hydrogen) atoms. The van der Waals surface area contributed by atoms with E-state index < -0.39 is 6.03 Å². The van der Waals surface area contributed by atoms with Crippen molar-refractivity contribution in [2.45, 2.75) is 13.3 Å². The molecule has 0 heterocycles. The van der Waals surface area contributed by atoms with E-state index in [1.165, 1.54) is 16.7 Å². The molecule has 0 aliphatic carbocycles. The van der Waals surface area contributed by atoms with Crippen molar-refractivity contribution in [3.63, 3.8) is 0 Å². The topological polar surface area (TPSA) is 71.0 Å². The number of carbonyl (C=O) groups is 1. The van der Waals surface area contributed by atoms with E-state index in [9.17, 15) is 9.70 Å². The van der Waals surface area contributed by atoms with Crippen molar-refractivity contribution in [2.75, 3.05) is 25.6 Å². The van der Waals surface area contributed by atoms with Gasteiger partial charge >= 0.3 is 6.03 Å². The summed E-state index contributed by atoms with van der Waals surface area (Å²) in [5, 5.41) is 5.98. The maximum atomic E-state index is 11.8. The quantitative estimate of drug-likeness (QED) is 0.115. The van der Waals surface area contributed by atoms with E-state index in [1.54, 1.807) is 0 Å². The highest BCUT2D eigenvalue weighted by atomic mass is 35.5. The van der Waals surface area contributed by atoms with Gasteiger partial charge in [0.25, 0.3) is 0 Å². The summed E-state index contributed by atoms with van der Waals surface area (Å²) in [4.78, 5) is 22.5. The summed E-state index contributed by atoms with van der Waals surface area (Å²) in [6.07, 6.45) is 0.891. The number of ether oxygens (including phenoxy) is 1. The maximum Gasteiger partial charge on any atom is 0.340 e. The van der Waals surface area contributed by atoms with Crippen molar-refractivity contribution >= 4 is 28.8 Å². The standard InChI is InChI=1S/C27H28ClN3O3/c1-2-25(21-9-5-3-6-10-21)26(22-11-7-4-8-12-22)23-13-15-24(16-14-23)34-20-18-29-27(32)31(30-33)19-17-28/h3-16H,2,17-20H2,1H3,(H,29,32)/b26-25-. The second-order valence-electron chi connectivity index (χ2n) is 7.44. The van der Waals surface area contributed by atoms with E-state index >= 15 is 0 Å². The number of nitrogens with one attached hydrogen (secondary N) is 1. The van der Waals surface area contributed by atoms with Crippen LogP contribution < -0.4 is 10.1 Å². The lowest BCUT2D eigenvalue weighted by molar-refractivity contribution is 0.199.